The summed E-state index contributed by atoms with van der Waals surface area (Å²) in [6, 6.07) is 11.4. The van der Waals surface area contributed by atoms with Crippen molar-refractivity contribution in [1.82, 2.24) is 4.90 Å². The topological polar surface area (TPSA) is 20.3 Å². The minimum atomic E-state index is 0.0000125. The van der Waals surface area contributed by atoms with Gasteiger partial charge in [-0.05, 0) is 29.8 Å². The largest absolute Gasteiger partial charge is 0.331 e. The molecule has 0 saturated carbocycles. The van der Waals surface area contributed by atoms with Gasteiger partial charge in [0, 0.05) is 23.0 Å². The van der Waals surface area contributed by atoms with Gasteiger partial charge in [-0.15, -0.1) is 24.5 Å². The lowest BCUT2D eigenvalue weighted by Gasteiger charge is -2.18. The number of carbonyl (C=O) groups is 1. The molecule has 1 amide bonds. The summed E-state index contributed by atoms with van der Waals surface area (Å²) in [5.74, 6) is 0.0000125. The highest BCUT2D eigenvalue weighted by Crippen LogP contribution is 2.29. The second kappa shape index (κ2) is 7.25. The van der Waals surface area contributed by atoms with Crippen LogP contribution in [-0.2, 0) is 0 Å². The Balaban J connectivity index is 2.22. The standard InChI is InChI=1S/C17H16ClNOS/c1-3-11-19(12-4-2)17(20)16-10-9-15(21-16)13-5-7-14(18)8-6-13/h3-10H,1-2,11-12H2. The third-order valence-corrected chi connectivity index (χ3v) is 4.31. The molecule has 2 aromatic rings. The molecule has 4 heteroatoms. The number of nitrogens with zero attached hydrogens (tertiary/aromatic N) is 1. The molecule has 0 bridgehead atoms. The normalized spacial score (nSPS) is 10.1. The summed E-state index contributed by atoms with van der Waals surface area (Å²) in [5, 5.41) is 0.703. The maximum Gasteiger partial charge on any atom is 0.264 e. The summed E-state index contributed by atoms with van der Waals surface area (Å²) >= 11 is 7.37. The van der Waals surface area contributed by atoms with Crippen LogP contribution in [0.2, 0.25) is 5.02 Å². The fraction of sp³-hybridized carbons (Fsp3) is 0.118. The number of halogens is 1. The van der Waals surface area contributed by atoms with Crippen molar-refractivity contribution in [2.75, 3.05) is 13.1 Å². The molecular formula is C17H16ClNOS. The molecule has 2 rings (SSSR count). The number of amides is 1. The Morgan fingerprint density at radius 2 is 1.71 bits per heavy atom. The van der Waals surface area contributed by atoms with E-state index in [1.165, 1.54) is 11.3 Å². The number of benzene rings is 1. The molecule has 0 spiro atoms. The first-order chi connectivity index (χ1) is 10.2. The Hall–Kier alpha value is -1.84. The number of thiophene rings is 1. The quantitative estimate of drug-likeness (QED) is 0.695. The Labute approximate surface area is 134 Å². The van der Waals surface area contributed by atoms with Crippen molar-refractivity contribution >= 4 is 28.8 Å². The summed E-state index contributed by atoms with van der Waals surface area (Å²) < 4.78 is 0. The predicted molar refractivity (Wildman–Crippen MR) is 91.1 cm³/mol. The van der Waals surface area contributed by atoms with Gasteiger partial charge in [0.05, 0.1) is 4.88 Å². The number of hydrogen-bond donors (Lipinski definition) is 0. The van der Waals surface area contributed by atoms with E-state index < -0.39 is 0 Å². The summed E-state index contributed by atoms with van der Waals surface area (Å²) in [7, 11) is 0. The first-order valence-corrected chi connectivity index (χ1v) is 7.72. The fourth-order valence-electron chi connectivity index (χ4n) is 1.93. The molecule has 1 aromatic carbocycles. The molecule has 0 radical (unpaired) electrons. The molecule has 0 fully saturated rings. The number of carbonyl (C=O) groups excluding carboxylic acids is 1. The van der Waals surface area contributed by atoms with Crippen LogP contribution in [0.5, 0.6) is 0 Å². The maximum atomic E-state index is 12.4. The van der Waals surface area contributed by atoms with Gasteiger partial charge in [0.15, 0.2) is 0 Å². The second-order valence-electron chi connectivity index (χ2n) is 4.46. The molecular weight excluding hydrogens is 302 g/mol. The zero-order valence-electron chi connectivity index (χ0n) is 11.6. The van der Waals surface area contributed by atoms with E-state index in [9.17, 15) is 4.79 Å². The Kier molecular flexibility index (Phi) is 5.37. The molecule has 21 heavy (non-hydrogen) atoms. The summed E-state index contributed by atoms with van der Waals surface area (Å²) in [5.41, 5.74) is 1.06. The third kappa shape index (κ3) is 3.84. The van der Waals surface area contributed by atoms with Crippen molar-refractivity contribution in [3.05, 3.63) is 71.6 Å². The highest BCUT2D eigenvalue weighted by Gasteiger charge is 2.16. The monoisotopic (exact) mass is 317 g/mol. The zero-order valence-corrected chi connectivity index (χ0v) is 13.2. The van der Waals surface area contributed by atoms with Crippen LogP contribution in [0.3, 0.4) is 0 Å². The maximum absolute atomic E-state index is 12.4. The van der Waals surface area contributed by atoms with Gasteiger partial charge in [-0.1, -0.05) is 35.9 Å². The number of rotatable bonds is 6. The second-order valence-corrected chi connectivity index (χ2v) is 5.98. The Morgan fingerprint density at radius 1 is 1.10 bits per heavy atom. The molecule has 0 aliphatic rings. The first kappa shape index (κ1) is 15.5. The van der Waals surface area contributed by atoms with Gasteiger partial charge in [-0.2, -0.15) is 0 Å². The molecule has 0 saturated heterocycles. The highest BCUT2D eigenvalue weighted by atomic mass is 35.5. The van der Waals surface area contributed by atoms with E-state index in [-0.39, 0.29) is 5.91 Å². The molecule has 0 aliphatic heterocycles. The van der Waals surface area contributed by atoms with Crippen LogP contribution in [0.4, 0.5) is 0 Å². The molecule has 1 heterocycles. The lowest BCUT2D eigenvalue weighted by atomic mass is 10.2. The van der Waals surface area contributed by atoms with E-state index in [0.717, 1.165) is 10.4 Å². The molecule has 1 aromatic heterocycles. The van der Waals surface area contributed by atoms with Gasteiger partial charge in [-0.25, -0.2) is 0 Å². The SMILES string of the molecule is C=CCN(CC=C)C(=O)c1ccc(-c2ccc(Cl)cc2)s1. The van der Waals surface area contributed by atoms with Crippen LogP contribution in [0, 0.1) is 0 Å². The molecule has 2 nitrogen and oxygen atoms in total. The highest BCUT2D eigenvalue weighted by molar-refractivity contribution is 7.17. The zero-order chi connectivity index (χ0) is 15.2. The predicted octanol–water partition coefficient (Wildman–Crippen LogP) is 4.88. The van der Waals surface area contributed by atoms with E-state index in [1.807, 2.05) is 36.4 Å². The minimum absolute atomic E-state index is 0.0000125. The summed E-state index contributed by atoms with van der Waals surface area (Å²) in [6.07, 6.45) is 3.43. The molecule has 0 atom stereocenters. The smallest absolute Gasteiger partial charge is 0.264 e. The van der Waals surface area contributed by atoms with Crippen LogP contribution in [-0.4, -0.2) is 23.9 Å². The van der Waals surface area contributed by atoms with E-state index in [0.29, 0.717) is 23.0 Å². The van der Waals surface area contributed by atoms with Gasteiger partial charge >= 0.3 is 0 Å². The number of hydrogen-bond acceptors (Lipinski definition) is 2. The van der Waals surface area contributed by atoms with Crippen LogP contribution >= 0.6 is 22.9 Å². The van der Waals surface area contributed by atoms with Crippen molar-refractivity contribution < 1.29 is 4.79 Å². The van der Waals surface area contributed by atoms with Crippen LogP contribution in [0.25, 0.3) is 10.4 Å². The van der Waals surface area contributed by atoms with Crippen molar-refractivity contribution in [2.45, 2.75) is 0 Å². The van der Waals surface area contributed by atoms with Crippen molar-refractivity contribution in [2.24, 2.45) is 0 Å². The first-order valence-electron chi connectivity index (χ1n) is 6.52. The van der Waals surface area contributed by atoms with E-state index >= 15 is 0 Å². The van der Waals surface area contributed by atoms with Gasteiger partial charge < -0.3 is 4.90 Å². The van der Waals surface area contributed by atoms with Crippen molar-refractivity contribution in [3.63, 3.8) is 0 Å². The van der Waals surface area contributed by atoms with Crippen LogP contribution in [0.15, 0.2) is 61.7 Å². The average molecular weight is 318 g/mol. The minimum Gasteiger partial charge on any atom is -0.331 e. The summed E-state index contributed by atoms with van der Waals surface area (Å²) in [4.78, 5) is 15.9. The van der Waals surface area contributed by atoms with Crippen LogP contribution in [0.1, 0.15) is 9.67 Å². The van der Waals surface area contributed by atoms with Crippen molar-refractivity contribution in [3.8, 4) is 10.4 Å². The van der Waals surface area contributed by atoms with Gasteiger partial charge in [-0.3, -0.25) is 4.79 Å². The fourth-order valence-corrected chi connectivity index (χ4v) is 3.04. The lowest BCUT2D eigenvalue weighted by molar-refractivity contribution is 0.0795. The molecule has 108 valence electrons. The van der Waals surface area contributed by atoms with E-state index in [4.69, 9.17) is 11.6 Å². The van der Waals surface area contributed by atoms with Crippen LogP contribution < -0.4 is 0 Å². The average Bonchev–Trinajstić information content (AvgIpc) is 2.97. The summed E-state index contributed by atoms with van der Waals surface area (Å²) in [6.45, 7) is 8.39. The van der Waals surface area contributed by atoms with Gasteiger partial charge in [0.2, 0.25) is 0 Å². The van der Waals surface area contributed by atoms with Crippen molar-refractivity contribution in [1.29, 1.82) is 0 Å². The third-order valence-electron chi connectivity index (χ3n) is 2.93. The Bertz CT molecular complexity index is 635. The van der Waals surface area contributed by atoms with E-state index in [1.54, 1.807) is 17.1 Å². The lowest BCUT2D eigenvalue weighted by Crippen LogP contribution is -2.30. The Morgan fingerprint density at radius 3 is 2.29 bits per heavy atom. The molecule has 0 unspecified atom stereocenters. The van der Waals surface area contributed by atoms with Gasteiger partial charge in [0.25, 0.3) is 5.91 Å². The van der Waals surface area contributed by atoms with E-state index in [2.05, 4.69) is 13.2 Å². The molecule has 0 aliphatic carbocycles. The molecule has 0 N–H and O–H groups in total. The van der Waals surface area contributed by atoms with Gasteiger partial charge in [0.1, 0.15) is 0 Å².